The number of aromatic nitrogens is 2. The molecular formula is C21H19N5O2. The van der Waals surface area contributed by atoms with Crippen molar-refractivity contribution in [2.45, 2.75) is 20.0 Å². The Morgan fingerprint density at radius 3 is 2.25 bits per heavy atom. The molecule has 0 bridgehead atoms. The largest absolute Gasteiger partial charge is 0.491 e. The van der Waals surface area contributed by atoms with Crippen LogP contribution in [0.25, 0.3) is 0 Å². The van der Waals surface area contributed by atoms with Gasteiger partial charge >= 0.3 is 0 Å². The van der Waals surface area contributed by atoms with Crippen molar-refractivity contribution in [3.8, 4) is 11.8 Å². The van der Waals surface area contributed by atoms with Crippen LogP contribution in [0.5, 0.6) is 5.75 Å². The van der Waals surface area contributed by atoms with Gasteiger partial charge in [-0.15, -0.1) is 0 Å². The summed E-state index contributed by atoms with van der Waals surface area (Å²) in [6.07, 6.45) is 2.97. The molecule has 140 valence electrons. The number of carbonyl (C=O) groups excluding carboxylic acids is 1. The van der Waals surface area contributed by atoms with Crippen molar-refractivity contribution in [3.05, 3.63) is 72.2 Å². The molecule has 0 fully saturated rings. The second-order valence-electron chi connectivity index (χ2n) is 6.25. The fourth-order valence-electron chi connectivity index (χ4n) is 2.37. The van der Waals surface area contributed by atoms with Crippen LogP contribution in [0.3, 0.4) is 0 Å². The van der Waals surface area contributed by atoms with E-state index >= 15 is 0 Å². The van der Waals surface area contributed by atoms with Crippen molar-refractivity contribution >= 4 is 23.1 Å². The summed E-state index contributed by atoms with van der Waals surface area (Å²) in [5.74, 6) is 0.886. The number of anilines is 3. The first kappa shape index (κ1) is 18.9. The Morgan fingerprint density at radius 1 is 1.00 bits per heavy atom. The van der Waals surface area contributed by atoms with E-state index in [0.717, 1.165) is 11.4 Å². The highest BCUT2D eigenvalue weighted by atomic mass is 16.5. The number of nitriles is 1. The summed E-state index contributed by atoms with van der Waals surface area (Å²) in [6, 6.07) is 16.1. The summed E-state index contributed by atoms with van der Waals surface area (Å²) >= 11 is 0. The van der Waals surface area contributed by atoms with Crippen LogP contribution in [0.2, 0.25) is 0 Å². The summed E-state index contributed by atoms with van der Waals surface area (Å²) < 4.78 is 5.58. The lowest BCUT2D eigenvalue weighted by molar-refractivity contribution is 0.102. The van der Waals surface area contributed by atoms with Gasteiger partial charge in [0.15, 0.2) is 0 Å². The molecule has 3 rings (SSSR count). The fourth-order valence-corrected chi connectivity index (χ4v) is 2.37. The van der Waals surface area contributed by atoms with E-state index in [2.05, 4.69) is 26.7 Å². The summed E-state index contributed by atoms with van der Waals surface area (Å²) in [4.78, 5) is 20.7. The van der Waals surface area contributed by atoms with Gasteiger partial charge in [-0.1, -0.05) is 0 Å². The third-order valence-electron chi connectivity index (χ3n) is 3.65. The van der Waals surface area contributed by atoms with Crippen molar-refractivity contribution in [1.82, 2.24) is 9.97 Å². The topological polar surface area (TPSA) is 99.9 Å². The van der Waals surface area contributed by atoms with E-state index in [1.54, 1.807) is 48.5 Å². The predicted molar refractivity (Wildman–Crippen MR) is 107 cm³/mol. The van der Waals surface area contributed by atoms with E-state index in [4.69, 9.17) is 10.00 Å². The highest BCUT2D eigenvalue weighted by Crippen LogP contribution is 2.18. The van der Waals surface area contributed by atoms with Gasteiger partial charge in [0.25, 0.3) is 5.91 Å². The van der Waals surface area contributed by atoms with Crippen LogP contribution in [0.4, 0.5) is 17.2 Å². The molecule has 0 aliphatic heterocycles. The number of rotatable bonds is 6. The minimum atomic E-state index is -0.352. The Labute approximate surface area is 163 Å². The number of nitrogens with one attached hydrogen (secondary N) is 2. The minimum absolute atomic E-state index is 0.0899. The third kappa shape index (κ3) is 5.05. The molecule has 0 aliphatic carbocycles. The smallest absolute Gasteiger partial charge is 0.275 e. The van der Waals surface area contributed by atoms with E-state index < -0.39 is 0 Å². The maximum Gasteiger partial charge on any atom is 0.275 e. The highest BCUT2D eigenvalue weighted by Gasteiger charge is 2.09. The number of nitrogens with zero attached hydrogens (tertiary/aromatic N) is 3. The molecule has 0 radical (unpaired) electrons. The average Bonchev–Trinajstić information content (AvgIpc) is 2.70. The zero-order chi connectivity index (χ0) is 19.9. The van der Waals surface area contributed by atoms with Crippen LogP contribution >= 0.6 is 0 Å². The quantitative estimate of drug-likeness (QED) is 0.674. The molecule has 2 aromatic carbocycles. The Morgan fingerprint density at radius 2 is 1.68 bits per heavy atom. The van der Waals surface area contributed by atoms with Crippen LogP contribution < -0.4 is 15.4 Å². The Bertz CT molecular complexity index is 975. The minimum Gasteiger partial charge on any atom is -0.491 e. The molecule has 7 nitrogen and oxygen atoms in total. The Hall–Kier alpha value is -3.92. The third-order valence-corrected chi connectivity index (χ3v) is 3.65. The van der Waals surface area contributed by atoms with Gasteiger partial charge in [0, 0.05) is 11.4 Å². The molecule has 0 saturated carbocycles. The molecule has 1 heterocycles. The van der Waals surface area contributed by atoms with Crippen LogP contribution in [0.15, 0.2) is 60.9 Å². The maximum atomic E-state index is 12.3. The number of benzene rings is 2. The first-order valence-corrected chi connectivity index (χ1v) is 8.71. The molecule has 0 spiro atoms. The number of ether oxygens (including phenoxy) is 1. The summed E-state index contributed by atoms with van der Waals surface area (Å²) in [5.41, 5.74) is 2.19. The van der Waals surface area contributed by atoms with E-state index in [1.807, 2.05) is 13.8 Å². The summed E-state index contributed by atoms with van der Waals surface area (Å²) in [5, 5.41) is 14.7. The monoisotopic (exact) mass is 373 g/mol. The van der Waals surface area contributed by atoms with Gasteiger partial charge in [0.1, 0.15) is 17.3 Å². The summed E-state index contributed by atoms with van der Waals surface area (Å²) in [7, 11) is 0. The Kier molecular flexibility index (Phi) is 5.82. The van der Waals surface area contributed by atoms with E-state index in [0.29, 0.717) is 17.1 Å². The lowest BCUT2D eigenvalue weighted by atomic mass is 10.2. The van der Waals surface area contributed by atoms with Gasteiger partial charge in [0.2, 0.25) is 0 Å². The normalized spacial score (nSPS) is 10.2. The van der Waals surface area contributed by atoms with Gasteiger partial charge < -0.3 is 15.4 Å². The zero-order valence-electron chi connectivity index (χ0n) is 15.5. The van der Waals surface area contributed by atoms with Crippen molar-refractivity contribution in [2.75, 3.05) is 10.6 Å². The van der Waals surface area contributed by atoms with Crippen LogP contribution in [0.1, 0.15) is 29.9 Å². The predicted octanol–water partition coefficient (Wildman–Crippen LogP) is 4.13. The molecule has 0 aliphatic rings. The standard InChI is InChI=1S/C21H19N5O2/c1-14(2)28-18-9-7-17(8-10-18)26-21(27)19-12-24-20(13-23-19)25-16-5-3-15(11-22)4-6-16/h3-10,12-14H,1-2H3,(H,24,25)(H,26,27). The number of carbonyl (C=O) groups is 1. The molecule has 28 heavy (non-hydrogen) atoms. The number of hydrogen-bond acceptors (Lipinski definition) is 6. The van der Waals surface area contributed by atoms with Gasteiger partial charge in [-0.25, -0.2) is 9.97 Å². The van der Waals surface area contributed by atoms with E-state index in [9.17, 15) is 4.79 Å². The van der Waals surface area contributed by atoms with Crippen molar-refractivity contribution in [1.29, 1.82) is 5.26 Å². The fraction of sp³-hybridized carbons (Fsp3) is 0.143. The van der Waals surface area contributed by atoms with Crippen LogP contribution in [-0.4, -0.2) is 22.0 Å². The molecule has 1 aromatic heterocycles. The molecule has 0 saturated heterocycles. The van der Waals surface area contributed by atoms with Gasteiger partial charge in [-0.3, -0.25) is 4.79 Å². The lowest BCUT2D eigenvalue weighted by Gasteiger charge is -2.10. The van der Waals surface area contributed by atoms with Gasteiger partial charge in [-0.05, 0) is 62.4 Å². The van der Waals surface area contributed by atoms with Gasteiger partial charge in [-0.2, -0.15) is 5.26 Å². The van der Waals surface area contributed by atoms with Crippen molar-refractivity contribution in [3.63, 3.8) is 0 Å². The average molecular weight is 373 g/mol. The zero-order valence-corrected chi connectivity index (χ0v) is 15.5. The van der Waals surface area contributed by atoms with Crippen molar-refractivity contribution in [2.24, 2.45) is 0 Å². The first-order valence-electron chi connectivity index (χ1n) is 8.71. The molecule has 1 amide bonds. The van der Waals surface area contributed by atoms with E-state index in [1.165, 1.54) is 12.4 Å². The second kappa shape index (κ2) is 8.64. The molecule has 3 aromatic rings. The molecule has 0 unspecified atom stereocenters. The SMILES string of the molecule is CC(C)Oc1ccc(NC(=O)c2cnc(Nc3ccc(C#N)cc3)cn2)cc1. The summed E-state index contributed by atoms with van der Waals surface area (Å²) in [6.45, 7) is 3.91. The highest BCUT2D eigenvalue weighted by molar-refractivity contribution is 6.02. The number of amides is 1. The van der Waals surface area contributed by atoms with Crippen molar-refractivity contribution < 1.29 is 9.53 Å². The first-order chi connectivity index (χ1) is 13.5. The van der Waals surface area contributed by atoms with Crippen LogP contribution in [-0.2, 0) is 0 Å². The Balaban J connectivity index is 1.60. The molecule has 7 heteroatoms. The number of hydrogen-bond donors (Lipinski definition) is 2. The van der Waals surface area contributed by atoms with Crippen LogP contribution in [0, 0.1) is 11.3 Å². The molecule has 0 atom stereocenters. The van der Waals surface area contributed by atoms with Gasteiger partial charge in [0.05, 0.1) is 30.1 Å². The lowest BCUT2D eigenvalue weighted by Crippen LogP contribution is -2.14. The second-order valence-corrected chi connectivity index (χ2v) is 6.25. The van der Waals surface area contributed by atoms with E-state index in [-0.39, 0.29) is 17.7 Å². The maximum absolute atomic E-state index is 12.3. The molecule has 2 N–H and O–H groups in total. The molecular weight excluding hydrogens is 354 g/mol.